The molecule has 1 aromatic rings. The van der Waals surface area contributed by atoms with Crippen LogP contribution in [-0.4, -0.2) is 13.1 Å². The third-order valence-corrected chi connectivity index (χ3v) is 3.32. The zero-order chi connectivity index (χ0) is 11.4. The van der Waals surface area contributed by atoms with Crippen LogP contribution in [0.5, 0.6) is 0 Å². The summed E-state index contributed by atoms with van der Waals surface area (Å²) in [6, 6.07) is 5.86. The fraction of sp³-hybridized carbons (Fsp3) is 0.500. The normalized spacial score (nSPS) is 15.0. The molecule has 0 radical (unpaired) electrons. The van der Waals surface area contributed by atoms with Gasteiger partial charge in [0.05, 0.1) is 4.47 Å². The first kappa shape index (κ1) is 12.7. The molecule has 0 amide bonds. The highest BCUT2D eigenvalue weighted by molar-refractivity contribution is 9.10. The van der Waals surface area contributed by atoms with E-state index in [1.807, 2.05) is 19.2 Å². The van der Waals surface area contributed by atoms with Crippen molar-refractivity contribution in [3.05, 3.63) is 34.1 Å². The van der Waals surface area contributed by atoms with Gasteiger partial charge in [-0.05, 0) is 53.9 Å². The number of rotatable bonds is 4. The average molecular weight is 274 g/mol. The van der Waals surface area contributed by atoms with Crippen LogP contribution in [0.25, 0.3) is 0 Å². The van der Waals surface area contributed by atoms with E-state index < -0.39 is 0 Å². The van der Waals surface area contributed by atoms with Crippen LogP contribution in [0.3, 0.4) is 0 Å². The molecule has 84 valence electrons. The van der Waals surface area contributed by atoms with Crippen molar-refractivity contribution >= 4 is 15.9 Å². The lowest BCUT2D eigenvalue weighted by Crippen LogP contribution is -2.23. The average Bonchev–Trinajstić information content (AvgIpc) is 2.21. The molecule has 1 rings (SSSR count). The summed E-state index contributed by atoms with van der Waals surface area (Å²) in [5.41, 5.74) is 0.784. The monoisotopic (exact) mass is 273 g/mol. The minimum atomic E-state index is -0.131. The first-order chi connectivity index (χ1) is 7.06. The number of nitrogens with one attached hydrogen (secondary N) is 1. The summed E-state index contributed by atoms with van der Waals surface area (Å²) in [6.45, 7) is 4.16. The van der Waals surface area contributed by atoms with Crippen molar-refractivity contribution in [3.8, 4) is 0 Å². The van der Waals surface area contributed by atoms with E-state index in [2.05, 4.69) is 35.1 Å². The summed E-state index contributed by atoms with van der Waals surface area (Å²) in [5, 5.41) is 3.17. The smallest absolute Gasteiger partial charge is 0.140 e. The maximum absolute atomic E-state index is 13.7. The second-order valence-electron chi connectivity index (χ2n) is 3.97. The third kappa shape index (κ3) is 3.28. The van der Waals surface area contributed by atoms with Gasteiger partial charge in [0.15, 0.2) is 0 Å². The van der Waals surface area contributed by atoms with Crippen LogP contribution in [0.2, 0.25) is 0 Å². The molecule has 0 aliphatic carbocycles. The summed E-state index contributed by atoms with van der Waals surface area (Å²) in [4.78, 5) is 0. The highest BCUT2D eigenvalue weighted by atomic mass is 79.9. The molecule has 0 aromatic heterocycles. The van der Waals surface area contributed by atoms with Crippen molar-refractivity contribution in [2.24, 2.45) is 0 Å². The van der Waals surface area contributed by atoms with E-state index in [0.29, 0.717) is 10.5 Å². The Hall–Kier alpha value is -0.410. The third-order valence-electron chi connectivity index (χ3n) is 2.71. The van der Waals surface area contributed by atoms with Crippen LogP contribution in [-0.2, 0) is 0 Å². The second kappa shape index (κ2) is 5.61. The van der Waals surface area contributed by atoms with Crippen LogP contribution in [0.15, 0.2) is 22.7 Å². The number of hydrogen-bond donors (Lipinski definition) is 1. The summed E-state index contributed by atoms with van der Waals surface area (Å²) in [5.74, 6) is 0.0956. The van der Waals surface area contributed by atoms with Gasteiger partial charge >= 0.3 is 0 Å². The number of hydrogen-bond acceptors (Lipinski definition) is 1. The molecular weight excluding hydrogens is 257 g/mol. The topological polar surface area (TPSA) is 12.0 Å². The van der Waals surface area contributed by atoms with Gasteiger partial charge < -0.3 is 5.32 Å². The van der Waals surface area contributed by atoms with E-state index in [4.69, 9.17) is 0 Å². The lowest BCUT2D eigenvalue weighted by molar-refractivity contribution is 0.497. The van der Waals surface area contributed by atoms with Gasteiger partial charge in [0.25, 0.3) is 0 Å². The molecule has 2 unspecified atom stereocenters. The van der Waals surface area contributed by atoms with Gasteiger partial charge in [-0.2, -0.15) is 0 Å². The lowest BCUT2D eigenvalue weighted by Gasteiger charge is -2.17. The van der Waals surface area contributed by atoms with E-state index >= 15 is 0 Å². The maximum Gasteiger partial charge on any atom is 0.140 e. The molecule has 15 heavy (non-hydrogen) atoms. The van der Waals surface area contributed by atoms with Crippen LogP contribution in [0.1, 0.15) is 31.7 Å². The Labute approximate surface area is 99.2 Å². The second-order valence-corrected chi connectivity index (χ2v) is 4.82. The lowest BCUT2D eigenvalue weighted by atomic mass is 9.94. The summed E-state index contributed by atoms with van der Waals surface area (Å²) < 4.78 is 14.3. The highest BCUT2D eigenvalue weighted by Gasteiger charge is 2.14. The molecule has 3 heteroatoms. The largest absolute Gasteiger partial charge is 0.317 e. The van der Waals surface area contributed by atoms with Crippen molar-refractivity contribution < 1.29 is 4.39 Å². The van der Waals surface area contributed by atoms with E-state index in [0.717, 1.165) is 12.0 Å². The molecule has 2 atom stereocenters. The standard InChI is InChI=1S/C12H17BrFN/c1-8(7-9(2)15-3)10-5-4-6-11(13)12(10)14/h4-6,8-9,15H,7H2,1-3H3. The Morgan fingerprint density at radius 3 is 2.67 bits per heavy atom. The molecule has 0 fully saturated rings. The zero-order valence-corrected chi connectivity index (χ0v) is 10.9. The van der Waals surface area contributed by atoms with Gasteiger partial charge in [-0.1, -0.05) is 19.1 Å². The Morgan fingerprint density at radius 2 is 2.07 bits per heavy atom. The fourth-order valence-electron chi connectivity index (χ4n) is 1.68. The molecule has 0 bridgehead atoms. The fourth-order valence-corrected chi connectivity index (χ4v) is 2.06. The molecule has 1 aromatic carbocycles. The van der Waals surface area contributed by atoms with Gasteiger partial charge in [-0.25, -0.2) is 4.39 Å². The minimum absolute atomic E-state index is 0.131. The van der Waals surface area contributed by atoms with E-state index in [-0.39, 0.29) is 11.7 Å². The van der Waals surface area contributed by atoms with Gasteiger partial charge in [0.2, 0.25) is 0 Å². The minimum Gasteiger partial charge on any atom is -0.317 e. The number of halogens is 2. The van der Waals surface area contributed by atoms with Gasteiger partial charge in [0.1, 0.15) is 5.82 Å². The van der Waals surface area contributed by atoms with Gasteiger partial charge in [-0.15, -0.1) is 0 Å². The molecule has 0 spiro atoms. The molecule has 0 saturated carbocycles. The molecular formula is C12H17BrFN. The Balaban J connectivity index is 2.82. The molecule has 1 N–H and O–H groups in total. The number of benzene rings is 1. The zero-order valence-electron chi connectivity index (χ0n) is 9.35. The van der Waals surface area contributed by atoms with Crippen molar-refractivity contribution in [1.82, 2.24) is 5.32 Å². The van der Waals surface area contributed by atoms with Gasteiger partial charge in [-0.3, -0.25) is 0 Å². The van der Waals surface area contributed by atoms with Crippen molar-refractivity contribution in [2.75, 3.05) is 7.05 Å². The van der Waals surface area contributed by atoms with E-state index in [1.54, 1.807) is 6.07 Å². The molecule has 1 nitrogen and oxygen atoms in total. The highest BCUT2D eigenvalue weighted by Crippen LogP contribution is 2.27. The van der Waals surface area contributed by atoms with Crippen LogP contribution in [0.4, 0.5) is 4.39 Å². The predicted molar refractivity (Wildman–Crippen MR) is 65.7 cm³/mol. The molecule has 0 heterocycles. The SMILES string of the molecule is CNC(C)CC(C)c1cccc(Br)c1F. The van der Waals surface area contributed by atoms with Crippen molar-refractivity contribution in [2.45, 2.75) is 32.2 Å². The maximum atomic E-state index is 13.7. The molecule has 0 saturated heterocycles. The summed E-state index contributed by atoms with van der Waals surface area (Å²) >= 11 is 3.21. The molecule has 0 aliphatic heterocycles. The predicted octanol–water partition coefficient (Wildman–Crippen LogP) is 3.69. The quantitative estimate of drug-likeness (QED) is 0.883. The van der Waals surface area contributed by atoms with Crippen molar-refractivity contribution in [1.29, 1.82) is 0 Å². The first-order valence-corrected chi connectivity index (χ1v) is 5.96. The Bertz CT molecular complexity index is 327. The van der Waals surface area contributed by atoms with Crippen LogP contribution >= 0.6 is 15.9 Å². The van der Waals surface area contributed by atoms with E-state index in [1.165, 1.54) is 0 Å². The molecule has 0 aliphatic rings. The van der Waals surface area contributed by atoms with Crippen LogP contribution in [0, 0.1) is 5.82 Å². The van der Waals surface area contributed by atoms with Gasteiger partial charge in [0, 0.05) is 6.04 Å². The summed E-state index contributed by atoms with van der Waals surface area (Å²) in [7, 11) is 1.93. The Kier molecular flexibility index (Phi) is 4.74. The summed E-state index contributed by atoms with van der Waals surface area (Å²) in [6.07, 6.45) is 0.934. The van der Waals surface area contributed by atoms with Crippen molar-refractivity contribution in [3.63, 3.8) is 0 Å². The first-order valence-electron chi connectivity index (χ1n) is 5.17. The van der Waals surface area contributed by atoms with E-state index in [9.17, 15) is 4.39 Å². The Morgan fingerprint density at radius 1 is 1.40 bits per heavy atom. The van der Waals surface area contributed by atoms with Crippen LogP contribution < -0.4 is 5.32 Å².